The summed E-state index contributed by atoms with van der Waals surface area (Å²) in [4.78, 5) is 0. The highest BCUT2D eigenvalue weighted by molar-refractivity contribution is 5.75. The van der Waals surface area contributed by atoms with Crippen LogP contribution in [0.1, 0.15) is 40.5 Å². The summed E-state index contributed by atoms with van der Waals surface area (Å²) in [6, 6.07) is 0. The maximum absolute atomic E-state index is 2.33. The van der Waals surface area contributed by atoms with E-state index < -0.39 is 0 Å². The van der Waals surface area contributed by atoms with E-state index in [-0.39, 0.29) is 17.4 Å². The van der Waals surface area contributed by atoms with E-state index in [0.29, 0.717) is 0 Å². The van der Waals surface area contributed by atoms with Crippen LogP contribution in [-0.2, 0) is 0 Å². The molecule has 0 radical (unpaired) electrons. The minimum Gasteiger partial charge on any atom is -0.0654 e. The molecule has 9 heavy (non-hydrogen) atoms. The van der Waals surface area contributed by atoms with E-state index in [0.717, 1.165) is 11.8 Å². The maximum atomic E-state index is 2.33. The zero-order chi connectivity index (χ0) is 6.57. The van der Waals surface area contributed by atoms with Gasteiger partial charge in [0.15, 0.2) is 17.4 Å². The van der Waals surface area contributed by atoms with Gasteiger partial charge >= 0.3 is 0 Å². The molecular formula is C8H21Al. The van der Waals surface area contributed by atoms with Gasteiger partial charge in [-0.25, -0.2) is 0 Å². The molecule has 0 aromatic carbocycles. The Morgan fingerprint density at radius 3 is 1.67 bits per heavy atom. The Labute approximate surface area is 70.2 Å². The highest BCUT2D eigenvalue weighted by Gasteiger charge is 2.03. The lowest BCUT2D eigenvalue weighted by atomic mass is 9.94. The second-order valence-electron chi connectivity index (χ2n) is 3.01. The minimum absolute atomic E-state index is 0. The van der Waals surface area contributed by atoms with Gasteiger partial charge in [-0.05, 0) is 11.8 Å². The first-order valence-corrected chi connectivity index (χ1v) is 3.68. The molecule has 0 rings (SSSR count). The lowest BCUT2D eigenvalue weighted by Gasteiger charge is -2.12. The number of hydrogen-bond acceptors (Lipinski definition) is 0. The van der Waals surface area contributed by atoms with Gasteiger partial charge < -0.3 is 0 Å². The quantitative estimate of drug-likeness (QED) is 0.531. The lowest BCUT2D eigenvalue weighted by molar-refractivity contribution is 0.389. The van der Waals surface area contributed by atoms with Crippen LogP contribution in [0, 0.1) is 11.8 Å². The van der Waals surface area contributed by atoms with E-state index in [1.54, 1.807) is 0 Å². The van der Waals surface area contributed by atoms with Gasteiger partial charge in [0.05, 0.1) is 0 Å². The van der Waals surface area contributed by atoms with E-state index in [9.17, 15) is 0 Å². The molecule has 56 valence electrons. The molecule has 0 aromatic rings. The fraction of sp³-hybridized carbons (Fsp3) is 1.00. The third kappa shape index (κ3) is 6.42. The summed E-state index contributed by atoms with van der Waals surface area (Å²) in [6.07, 6.45) is 2.72. The van der Waals surface area contributed by atoms with Gasteiger partial charge in [-0.15, -0.1) is 0 Å². The number of rotatable bonds is 3. The van der Waals surface area contributed by atoms with Gasteiger partial charge in [0.2, 0.25) is 0 Å². The largest absolute Gasteiger partial charge is 0.187 e. The highest BCUT2D eigenvalue weighted by Crippen LogP contribution is 2.14. The zero-order valence-corrected chi connectivity index (χ0v) is 6.57. The van der Waals surface area contributed by atoms with Gasteiger partial charge in [0.25, 0.3) is 0 Å². The van der Waals surface area contributed by atoms with E-state index in [1.807, 2.05) is 0 Å². The topological polar surface area (TPSA) is 0 Å². The Balaban J connectivity index is 0. The molecule has 1 atom stereocenters. The van der Waals surface area contributed by atoms with Crippen LogP contribution in [-0.4, -0.2) is 17.4 Å². The maximum Gasteiger partial charge on any atom is 0.187 e. The molecule has 0 amide bonds. The summed E-state index contributed by atoms with van der Waals surface area (Å²) in [7, 11) is 0. The Bertz CT molecular complexity index is 50.5. The molecule has 0 fully saturated rings. The second kappa shape index (κ2) is 6.65. The first-order valence-electron chi connectivity index (χ1n) is 3.68. The molecule has 0 aliphatic heterocycles. The second-order valence-corrected chi connectivity index (χ2v) is 3.01. The number of hydrogen-bond donors (Lipinski definition) is 0. The Morgan fingerprint density at radius 2 is 1.56 bits per heavy atom. The van der Waals surface area contributed by atoms with Crippen molar-refractivity contribution in [2.45, 2.75) is 40.5 Å². The SMILES string of the molecule is CCCC(C)C(C)C.[AlH3]. The fourth-order valence-electron chi connectivity index (χ4n) is 0.789. The molecule has 0 nitrogen and oxygen atoms in total. The van der Waals surface area contributed by atoms with Crippen LogP contribution in [0.4, 0.5) is 0 Å². The summed E-state index contributed by atoms with van der Waals surface area (Å²) >= 11 is 0. The highest BCUT2D eigenvalue weighted by atomic mass is 27.0. The molecule has 0 N–H and O–H groups in total. The van der Waals surface area contributed by atoms with Crippen molar-refractivity contribution >= 4 is 17.4 Å². The predicted molar refractivity (Wildman–Crippen MR) is 48.8 cm³/mol. The molecule has 1 unspecified atom stereocenters. The first-order chi connectivity index (χ1) is 3.68. The van der Waals surface area contributed by atoms with Crippen LogP contribution < -0.4 is 0 Å². The average Bonchev–Trinajstić information content (AvgIpc) is 1.67. The molecule has 0 saturated heterocycles. The molecule has 0 heterocycles. The van der Waals surface area contributed by atoms with Crippen molar-refractivity contribution in [2.24, 2.45) is 11.8 Å². The normalized spacial score (nSPS) is 13.0. The molecule has 0 aliphatic carbocycles. The van der Waals surface area contributed by atoms with E-state index in [4.69, 9.17) is 0 Å². The van der Waals surface area contributed by atoms with Crippen molar-refractivity contribution in [3.8, 4) is 0 Å². The standard InChI is InChI=1S/C8H18.Al.3H/c1-5-6-8(4)7(2)3;;;;/h7-8H,5-6H2,1-4H3;;;;. The minimum atomic E-state index is 0. The van der Waals surface area contributed by atoms with Crippen molar-refractivity contribution in [3.63, 3.8) is 0 Å². The smallest absolute Gasteiger partial charge is 0.0654 e. The summed E-state index contributed by atoms with van der Waals surface area (Å²) in [6.45, 7) is 9.16. The average molecular weight is 144 g/mol. The summed E-state index contributed by atoms with van der Waals surface area (Å²) in [5.74, 6) is 1.79. The van der Waals surface area contributed by atoms with Crippen LogP contribution in [0.5, 0.6) is 0 Å². The van der Waals surface area contributed by atoms with Gasteiger partial charge in [0.1, 0.15) is 0 Å². The molecule has 0 aliphatic rings. The molecule has 1 heteroatoms. The van der Waals surface area contributed by atoms with E-state index in [2.05, 4.69) is 27.7 Å². The van der Waals surface area contributed by atoms with Crippen molar-refractivity contribution in [1.82, 2.24) is 0 Å². The fourth-order valence-corrected chi connectivity index (χ4v) is 0.789. The van der Waals surface area contributed by atoms with E-state index >= 15 is 0 Å². The Hall–Kier alpha value is 0.532. The Morgan fingerprint density at radius 1 is 1.11 bits per heavy atom. The van der Waals surface area contributed by atoms with Gasteiger partial charge in [-0.1, -0.05) is 40.5 Å². The van der Waals surface area contributed by atoms with Crippen LogP contribution in [0.25, 0.3) is 0 Å². The van der Waals surface area contributed by atoms with E-state index in [1.165, 1.54) is 12.8 Å². The third-order valence-corrected chi connectivity index (χ3v) is 1.88. The lowest BCUT2D eigenvalue weighted by Crippen LogP contribution is -2.02. The summed E-state index contributed by atoms with van der Waals surface area (Å²) in [5.41, 5.74) is 0. The van der Waals surface area contributed by atoms with Crippen LogP contribution in [0.3, 0.4) is 0 Å². The van der Waals surface area contributed by atoms with Crippen molar-refractivity contribution in [2.75, 3.05) is 0 Å². The third-order valence-electron chi connectivity index (χ3n) is 1.88. The molecule has 0 spiro atoms. The van der Waals surface area contributed by atoms with Gasteiger partial charge in [0, 0.05) is 0 Å². The summed E-state index contributed by atoms with van der Waals surface area (Å²) in [5, 5.41) is 0. The van der Waals surface area contributed by atoms with Crippen LogP contribution in [0.15, 0.2) is 0 Å². The van der Waals surface area contributed by atoms with Gasteiger partial charge in [-0.3, -0.25) is 0 Å². The first kappa shape index (κ1) is 12.2. The van der Waals surface area contributed by atoms with Gasteiger partial charge in [-0.2, -0.15) is 0 Å². The molecule has 0 bridgehead atoms. The molecule has 0 aromatic heterocycles. The molecule has 0 saturated carbocycles. The zero-order valence-electron chi connectivity index (χ0n) is 6.57. The van der Waals surface area contributed by atoms with Crippen molar-refractivity contribution < 1.29 is 0 Å². The predicted octanol–water partition coefficient (Wildman–Crippen LogP) is 1.89. The summed E-state index contributed by atoms with van der Waals surface area (Å²) < 4.78 is 0. The van der Waals surface area contributed by atoms with Crippen molar-refractivity contribution in [3.05, 3.63) is 0 Å². The van der Waals surface area contributed by atoms with Crippen LogP contribution in [0.2, 0.25) is 0 Å². The monoisotopic (exact) mass is 144 g/mol. The molecular weight excluding hydrogens is 123 g/mol. The van der Waals surface area contributed by atoms with Crippen molar-refractivity contribution in [1.29, 1.82) is 0 Å². The van der Waals surface area contributed by atoms with Crippen LogP contribution >= 0.6 is 0 Å². The Kier molecular flexibility index (Phi) is 9.04.